The number of anilines is 1. The van der Waals surface area contributed by atoms with Crippen molar-refractivity contribution in [3.63, 3.8) is 0 Å². The molecule has 1 amide bonds. The van der Waals surface area contributed by atoms with Gasteiger partial charge in [-0.3, -0.25) is 4.79 Å². The molecule has 0 atom stereocenters. The van der Waals surface area contributed by atoms with Gasteiger partial charge in [-0.25, -0.2) is 18.0 Å². The number of halogens is 3. The number of fused-ring (bicyclic) bond motifs is 1. The number of amides is 1. The molecule has 0 unspecified atom stereocenters. The molecule has 0 bridgehead atoms. The lowest BCUT2D eigenvalue weighted by molar-refractivity contribution is -0.115. The molecule has 3 rings (SSSR count). The molecule has 0 saturated carbocycles. The Morgan fingerprint density at radius 1 is 1.00 bits per heavy atom. The van der Waals surface area contributed by atoms with Crippen molar-refractivity contribution in [2.75, 3.05) is 5.32 Å². The minimum absolute atomic E-state index is 0.123. The molecule has 23 heavy (non-hydrogen) atoms. The van der Waals surface area contributed by atoms with E-state index in [4.69, 9.17) is 0 Å². The summed E-state index contributed by atoms with van der Waals surface area (Å²) in [4.78, 5) is 28.2. The Bertz CT molecular complexity index is 962. The zero-order chi connectivity index (χ0) is 16.6. The highest BCUT2D eigenvalue weighted by Crippen LogP contribution is 2.20. The average Bonchev–Trinajstić information content (AvgIpc) is 2.87. The van der Waals surface area contributed by atoms with E-state index in [1.807, 2.05) is 0 Å². The molecule has 1 heterocycles. The lowest BCUT2D eigenvalue weighted by Gasteiger charge is -2.07. The number of hydrogen-bond acceptors (Lipinski definition) is 2. The SMILES string of the molecule is O=C(Cc1ccc2[nH]c(=O)[nH]c2c1)Nc1ccc(F)c(F)c1F. The van der Waals surface area contributed by atoms with Crippen molar-refractivity contribution in [3.8, 4) is 0 Å². The van der Waals surface area contributed by atoms with Crippen LogP contribution < -0.4 is 11.0 Å². The predicted molar refractivity (Wildman–Crippen MR) is 77.6 cm³/mol. The average molecular weight is 321 g/mol. The third-order valence-corrected chi connectivity index (χ3v) is 3.25. The van der Waals surface area contributed by atoms with E-state index < -0.39 is 29.0 Å². The standard InChI is InChI=1S/C15H10F3N3O2/c16-8-2-4-10(14(18)13(8)17)19-12(22)6-7-1-3-9-11(5-7)21-15(23)20-9/h1-5H,6H2,(H,19,22)(H2,20,21,23). The Morgan fingerprint density at radius 3 is 2.52 bits per heavy atom. The molecular weight excluding hydrogens is 311 g/mol. The van der Waals surface area contributed by atoms with Crippen LogP contribution in [0.2, 0.25) is 0 Å². The molecule has 0 saturated heterocycles. The fraction of sp³-hybridized carbons (Fsp3) is 0.0667. The number of aromatic nitrogens is 2. The van der Waals surface area contributed by atoms with E-state index in [1.54, 1.807) is 18.2 Å². The van der Waals surface area contributed by atoms with Crippen LogP contribution in [0.25, 0.3) is 11.0 Å². The Morgan fingerprint density at radius 2 is 1.74 bits per heavy atom. The minimum atomic E-state index is -1.64. The van der Waals surface area contributed by atoms with Gasteiger partial charge in [0.15, 0.2) is 17.5 Å². The van der Waals surface area contributed by atoms with E-state index in [2.05, 4.69) is 15.3 Å². The molecular formula is C15H10F3N3O2. The summed E-state index contributed by atoms with van der Waals surface area (Å²) < 4.78 is 39.4. The molecule has 0 aliphatic heterocycles. The maximum atomic E-state index is 13.5. The molecule has 5 nitrogen and oxygen atoms in total. The van der Waals surface area contributed by atoms with Crippen LogP contribution >= 0.6 is 0 Å². The molecule has 2 aromatic carbocycles. The van der Waals surface area contributed by atoms with Gasteiger partial charge in [0.1, 0.15) is 0 Å². The van der Waals surface area contributed by atoms with Gasteiger partial charge in [0.25, 0.3) is 0 Å². The van der Waals surface area contributed by atoms with Crippen molar-refractivity contribution >= 4 is 22.6 Å². The van der Waals surface area contributed by atoms with E-state index in [0.717, 1.165) is 12.1 Å². The number of carbonyl (C=O) groups is 1. The highest BCUT2D eigenvalue weighted by Gasteiger charge is 2.15. The van der Waals surface area contributed by atoms with E-state index in [1.165, 1.54) is 0 Å². The lowest BCUT2D eigenvalue weighted by atomic mass is 10.1. The lowest BCUT2D eigenvalue weighted by Crippen LogP contribution is -2.16. The van der Waals surface area contributed by atoms with Crippen LogP contribution in [0.5, 0.6) is 0 Å². The first-order chi connectivity index (χ1) is 10.9. The number of carbonyl (C=O) groups excluding carboxylic acids is 1. The van der Waals surface area contributed by atoms with E-state index in [9.17, 15) is 22.8 Å². The first-order valence-corrected chi connectivity index (χ1v) is 6.58. The predicted octanol–water partition coefficient (Wildman–Crippen LogP) is 2.45. The molecule has 1 aromatic heterocycles. The Labute approximate surface area is 127 Å². The van der Waals surface area contributed by atoms with Gasteiger partial charge in [-0.1, -0.05) is 6.07 Å². The smallest absolute Gasteiger partial charge is 0.323 e. The topological polar surface area (TPSA) is 77.8 Å². The van der Waals surface area contributed by atoms with Crippen molar-refractivity contribution in [2.24, 2.45) is 0 Å². The summed E-state index contributed by atoms with van der Waals surface area (Å²) in [7, 11) is 0. The normalized spacial score (nSPS) is 10.9. The molecule has 0 spiro atoms. The van der Waals surface area contributed by atoms with Crippen molar-refractivity contribution < 1.29 is 18.0 Å². The maximum Gasteiger partial charge on any atom is 0.323 e. The second-order valence-corrected chi connectivity index (χ2v) is 4.91. The number of nitrogens with one attached hydrogen (secondary N) is 3. The molecule has 0 radical (unpaired) electrons. The van der Waals surface area contributed by atoms with Gasteiger partial charge in [-0.05, 0) is 29.8 Å². The van der Waals surface area contributed by atoms with Crippen molar-refractivity contribution in [1.29, 1.82) is 0 Å². The summed E-state index contributed by atoms with van der Waals surface area (Å²) in [5.74, 6) is -5.03. The second-order valence-electron chi connectivity index (χ2n) is 4.91. The van der Waals surface area contributed by atoms with E-state index in [0.29, 0.717) is 16.6 Å². The zero-order valence-corrected chi connectivity index (χ0v) is 11.5. The number of aromatic amines is 2. The quantitative estimate of drug-likeness (QED) is 0.648. The number of rotatable bonds is 3. The number of hydrogen-bond donors (Lipinski definition) is 3. The van der Waals surface area contributed by atoms with Crippen LogP contribution in [-0.4, -0.2) is 15.9 Å². The molecule has 0 fully saturated rings. The van der Waals surface area contributed by atoms with Crippen LogP contribution in [0.3, 0.4) is 0 Å². The Kier molecular flexibility index (Phi) is 3.65. The van der Waals surface area contributed by atoms with Gasteiger partial charge < -0.3 is 15.3 Å². The fourth-order valence-electron chi connectivity index (χ4n) is 2.19. The van der Waals surface area contributed by atoms with Crippen LogP contribution in [0.15, 0.2) is 35.1 Å². The zero-order valence-electron chi connectivity index (χ0n) is 11.5. The monoisotopic (exact) mass is 321 g/mol. The minimum Gasteiger partial charge on any atom is -0.323 e. The van der Waals surface area contributed by atoms with E-state index >= 15 is 0 Å². The van der Waals surface area contributed by atoms with Crippen molar-refractivity contribution in [2.45, 2.75) is 6.42 Å². The fourth-order valence-corrected chi connectivity index (χ4v) is 2.19. The third-order valence-electron chi connectivity index (χ3n) is 3.25. The molecule has 0 aliphatic carbocycles. The van der Waals surface area contributed by atoms with Gasteiger partial charge in [0, 0.05) is 0 Å². The van der Waals surface area contributed by atoms with Crippen LogP contribution in [0, 0.1) is 17.5 Å². The third kappa shape index (κ3) is 2.96. The summed E-state index contributed by atoms with van der Waals surface area (Å²) in [6.07, 6.45) is -0.123. The first kappa shape index (κ1) is 14.9. The van der Waals surface area contributed by atoms with Gasteiger partial charge in [0.2, 0.25) is 5.91 Å². The summed E-state index contributed by atoms with van der Waals surface area (Å²) in [6.45, 7) is 0. The molecule has 3 aromatic rings. The van der Waals surface area contributed by atoms with Crippen LogP contribution in [-0.2, 0) is 11.2 Å². The molecule has 8 heteroatoms. The maximum absolute atomic E-state index is 13.5. The van der Waals surface area contributed by atoms with Gasteiger partial charge in [0.05, 0.1) is 23.1 Å². The van der Waals surface area contributed by atoms with Crippen molar-refractivity contribution in [3.05, 3.63) is 63.8 Å². The summed E-state index contributed by atoms with van der Waals surface area (Å²) in [5.41, 5.74) is 0.869. The molecule has 118 valence electrons. The van der Waals surface area contributed by atoms with Crippen LogP contribution in [0.4, 0.5) is 18.9 Å². The largest absolute Gasteiger partial charge is 0.323 e. The summed E-state index contributed by atoms with van der Waals surface area (Å²) in [6, 6.07) is 6.50. The number of H-pyrrole nitrogens is 2. The first-order valence-electron chi connectivity index (χ1n) is 6.58. The van der Waals surface area contributed by atoms with Crippen LogP contribution in [0.1, 0.15) is 5.56 Å². The number of benzene rings is 2. The number of imidazole rings is 1. The second kappa shape index (κ2) is 5.64. The van der Waals surface area contributed by atoms with Gasteiger partial charge in [-0.15, -0.1) is 0 Å². The van der Waals surface area contributed by atoms with Crippen molar-refractivity contribution in [1.82, 2.24) is 9.97 Å². The van der Waals surface area contributed by atoms with Gasteiger partial charge in [-0.2, -0.15) is 0 Å². The summed E-state index contributed by atoms with van der Waals surface area (Å²) in [5, 5.41) is 2.18. The molecule has 0 aliphatic rings. The Hall–Kier alpha value is -3.03. The van der Waals surface area contributed by atoms with E-state index in [-0.39, 0.29) is 12.1 Å². The van der Waals surface area contributed by atoms with Gasteiger partial charge >= 0.3 is 5.69 Å². The summed E-state index contributed by atoms with van der Waals surface area (Å²) >= 11 is 0. The highest BCUT2D eigenvalue weighted by molar-refractivity contribution is 5.93. The highest BCUT2D eigenvalue weighted by atomic mass is 19.2. The Balaban J connectivity index is 1.78. The molecule has 3 N–H and O–H groups in total.